The van der Waals surface area contributed by atoms with Gasteiger partial charge in [-0.05, 0) is 64.1 Å². The number of piperidine rings is 1. The lowest BCUT2D eigenvalue weighted by Crippen LogP contribution is -2.79. The van der Waals surface area contributed by atoms with E-state index < -0.39 is 12.1 Å². The first-order chi connectivity index (χ1) is 14.8. The van der Waals surface area contributed by atoms with Crippen LogP contribution in [0.4, 0.5) is 19.0 Å². The van der Waals surface area contributed by atoms with Gasteiger partial charge in [0.2, 0.25) is 0 Å². The highest BCUT2D eigenvalue weighted by atomic mass is 19.4. The van der Waals surface area contributed by atoms with Crippen molar-refractivity contribution in [1.82, 2.24) is 19.4 Å². The molecule has 2 aromatic rings. The number of pyridine rings is 1. The number of nitrogen functional groups attached to an aromatic ring is 1. The number of nitrogens with zero attached hydrogens (tertiary/aromatic N) is 4. The van der Waals surface area contributed by atoms with Crippen molar-refractivity contribution in [2.45, 2.75) is 74.7 Å². The molecular weight excluding hydrogens is 407 g/mol. The summed E-state index contributed by atoms with van der Waals surface area (Å²) < 4.78 is 44.5. The molecule has 4 saturated carbocycles. The highest BCUT2D eigenvalue weighted by molar-refractivity contribution is 5.64. The first kappa shape index (κ1) is 19.4. The summed E-state index contributed by atoms with van der Waals surface area (Å²) in [5.74, 6) is 0.742. The highest BCUT2D eigenvalue weighted by Crippen LogP contribution is 2.69. The van der Waals surface area contributed by atoms with Crippen molar-refractivity contribution < 1.29 is 17.9 Å². The van der Waals surface area contributed by atoms with Gasteiger partial charge in [0.05, 0.1) is 11.2 Å². The number of nitrogens with two attached hydrogens (primary N) is 1. The third-order valence-electron chi connectivity index (χ3n) is 7.59. The summed E-state index contributed by atoms with van der Waals surface area (Å²) in [6.07, 6.45) is 8.28. The van der Waals surface area contributed by atoms with Gasteiger partial charge in [-0.3, -0.25) is 4.90 Å². The number of rotatable bonds is 5. The minimum absolute atomic E-state index is 0.118. The summed E-state index contributed by atoms with van der Waals surface area (Å²) in [6.45, 7) is 2.42. The zero-order valence-corrected chi connectivity index (χ0v) is 17.3. The number of ether oxygens (including phenoxy) is 1. The van der Waals surface area contributed by atoms with Crippen molar-refractivity contribution in [3.8, 4) is 17.0 Å². The number of aromatic nitrogens is 3. The van der Waals surface area contributed by atoms with E-state index in [0.717, 1.165) is 37.9 Å². The van der Waals surface area contributed by atoms with Crippen molar-refractivity contribution in [2.24, 2.45) is 0 Å². The Labute approximate surface area is 178 Å². The summed E-state index contributed by atoms with van der Waals surface area (Å²) in [6, 6.07) is 1.29. The summed E-state index contributed by atoms with van der Waals surface area (Å²) in [5.41, 5.74) is 7.20. The Morgan fingerprint density at radius 3 is 2.42 bits per heavy atom. The van der Waals surface area contributed by atoms with Crippen LogP contribution in [0.15, 0.2) is 18.5 Å². The quantitative estimate of drug-likeness (QED) is 0.756. The molecule has 1 aliphatic heterocycles. The van der Waals surface area contributed by atoms with Gasteiger partial charge in [0.15, 0.2) is 11.6 Å². The van der Waals surface area contributed by atoms with Gasteiger partial charge >= 0.3 is 6.36 Å². The minimum Gasteiger partial charge on any atom is -0.402 e. The van der Waals surface area contributed by atoms with Gasteiger partial charge in [0.25, 0.3) is 0 Å². The number of alkyl halides is 3. The average molecular weight is 433 g/mol. The fraction of sp³-hybridized carbons (Fsp3) is 0.636. The molecule has 3 heterocycles. The van der Waals surface area contributed by atoms with E-state index >= 15 is 0 Å². The van der Waals surface area contributed by atoms with E-state index in [0.29, 0.717) is 22.7 Å². The standard InChI is InChI=1S/C22H26F3N5O/c23-22(24,25)31-17-8-15(9-27-18(17)26)16-10-30(19(28-16)14-4-5-14)21-11-20(12-21,13-21)29-6-2-1-3-7-29/h8-10,14H,1-7,11-13H2,(H2,26,27). The van der Waals surface area contributed by atoms with Crippen LogP contribution >= 0.6 is 0 Å². The number of imidazole rings is 1. The molecule has 4 aliphatic carbocycles. The normalized spacial score (nSPS) is 30.5. The zero-order chi connectivity index (χ0) is 21.4. The smallest absolute Gasteiger partial charge is 0.402 e. The second kappa shape index (κ2) is 6.37. The third kappa shape index (κ3) is 3.11. The van der Waals surface area contributed by atoms with E-state index in [1.54, 1.807) is 0 Å². The van der Waals surface area contributed by atoms with Crippen LogP contribution in [0.2, 0.25) is 0 Å². The van der Waals surface area contributed by atoms with E-state index in [2.05, 4.69) is 19.2 Å². The second-order valence-corrected chi connectivity index (χ2v) is 9.81. The molecule has 5 aliphatic rings. The van der Waals surface area contributed by atoms with Gasteiger partial charge in [-0.2, -0.15) is 0 Å². The summed E-state index contributed by atoms with van der Waals surface area (Å²) in [4.78, 5) is 11.5. The monoisotopic (exact) mass is 433 g/mol. The topological polar surface area (TPSA) is 69.2 Å². The largest absolute Gasteiger partial charge is 0.573 e. The Morgan fingerprint density at radius 1 is 1.06 bits per heavy atom. The van der Waals surface area contributed by atoms with Crippen LogP contribution in [-0.4, -0.2) is 44.4 Å². The van der Waals surface area contributed by atoms with E-state index in [1.807, 2.05) is 6.20 Å². The zero-order valence-electron chi connectivity index (χ0n) is 17.3. The molecule has 5 fully saturated rings. The van der Waals surface area contributed by atoms with Crippen LogP contribution < -0.4 is 10.5 Å². The van der Waals surface area contributed by atoms with Crippen molar-refractivity contribution in [2.75, 3.05) is 18.8 Å². The lowest BCUT2D eigenvalue weighted by molar-refractivity contribution is -0.274. The Morgan fingerprint density at radius 2 is 1.77 bits per heavy atom. The van der Waals surface area contributed by atoms with E-state index in [9.17, 15) is 13.2 Å². The number of hydrogen-bond donors (Lipinski definition) is 1. The molecule has 2 N–H and O–H groups in total. The molecule has 2 aromatic heterocycles. The highest BCUT2D eigenvalue weighted by Gasteiger charge is 2.71. The van der Waals surface area contributed by atoms with Gasteiger partial charge in [-0.25, -0.2) is 9.97 Å². The Bertz CT molecular complexity index is 1000. The van der Waals surface area contributed by atoms with E-state index in [4.69, 9.17) is 10.7 Å². The molecule has 0 amide bonds. The summed E-state index contributed by atoms with van der Waals surface area (Å²) >= 11 is 0. The average Bonchev–Trinajstić information content (AvgIpc) is 3.41. The van der Waals surface area contributed by atoms with Crippen LogP contribution in [-0.2, 0) is 5.54 Å². The van der Waals surface area contributed by atoms with Crippen molar-refractivity contribution in [1.29, 1.82) is 0 Å². The molecule has 1 saturated heterocycles. The molecule has 0 unspecified atom stereocenters. The van der Waals surface area contributed by atoms with Crippen LogP contribution in [0.5, 0.6) is 5.75 Å². The van der Waals surface area contributed by atoms with E-state index in [1.165, 1.54) is 44.6 Å². The van der Waals surface area contributed by atoms with Gasteiger partial charge in [-0.1, -0.05) is 6.42 Å². The fourth-order valence-electron chi connectivity index (χ4n) is 5.99. The van der Waals surface area contributed by atoms with Gasteiger partial charge in [0, 0.05) is 29.4 Å². The fourth-order valence-corrected chi connectivity index (χ4v) is 5.99. The maximum atomic E-state index is 12.7. The molecule has 7 rings (SSSR count). The predicted molar refractivity (Wildman–Crippen MR) is 109 cm³/mol. The van der Waals surface area contributed by atoms with Crippen molar-refractivity contribution in [3.05, 3.63) is 24.3 Å². The maximum absolute atomic E-state index is 12.7. The first-order valence-corrected chi connectivity index (χ1v) is 11.1. The molecule has 0 atom stereocenters. The lowest BCUT2D eigenvalue weighted by atomic mass is 9.43. The number of halogens is 3. The molecule has 2 bridgehead atoms. The maximum Gasteiger partial charge on any atom is 0.573 e. The lowest BCUT2D eigenvalue weighted by Gasteiger charge is -2.74. The van der Waals surface area contributed by atoms with Crippen LogP contribution in [0.1, 0.15) is 63.1 Å². The molecule has 31 heavy (non-hydrogen) atoms. The molecule has 166 valence electrons. The Kier molecular flexibility index (Phi) is 3.99. The number of hydrogen-bond acceptors (Lipinski definition) is 5. The van der Waals surface area contributed by atoms with Crippen LogP contribution in [0.25, 0.3) is 11.3 Å². The molecule has 9 heteroatoms. The van der Waals surface area contributed by atoms with E-state index in [-0.39, 0.29) is 11.4 Å². The number of likely N-dealkylation sites (tertiary alicyclic amines) is 1. The Balaban J connectivity index is 1.29. The van der Waals surface area contributed by atoms with Gasteiger partial charge in [-0.15, -0.1) is 13.2 Å². The van der Waals surface area contributed by atoms with Gasteiger partial charge in [0.1, 0.15) is 5.82 Å². The van der Waals surface area contributed by atoms with Crippen molar-refractivity contribution in [3.63, 3.8) is 0 Å². The number of anilines is 1. The Hall–Kier alpha value is -2.29. The summed E-state index contributed by atoms with van der Waals surface area (Å²) in [5, 5.41) is 0. The molecule has 0 radical (unpaired) electrons. The summed E-state index contributed by atoms with van der Waals surface area (Å²) in [7, 11) is 0. The third-order valence-corrected chi connectivity index (χ3v) is 7.59. The molecule has 0 spiro atoms. The molecule has 0 aromatic carbocycles. The molecule has 6 nitrogen and oxygen atoms in total. The first-order valence-electron chi connectivity index (χ1n) is 11.1. The molecular formula is C22H26F3N5O. The predicted octanol–water partition coefficient (Wildman–Crippen LogP) is 4.42. The van der Waals surface area contributed by atoms with Crippen LogP contribution in [0.3, 0.4) is 0 Å². The second-order valence-electron chi connectivity index (χ2n) is 9.81. The van der Waals surface area contributed by atoms with Crippen LogP contribution in [0, 0.1) is 0 Å². The van der Waals surface area contributed by atoms with Gasteiger partial charge < -0.3 is 15.0 Å². The van der Waals surface area contributed by atoms with Crippen molar-refractivity contribution >= 4 is 5.82 Å². The minimum atomic E-state index is -4.82. The SMILES string of the molecule is Nc1ncc(-c2cn(C34CC(N5CCCCC5)(C3)C4)c(C3CC3)n2)cc1OC(F)(F)F.